The first-order valence-corrected chi connectivity index (χ1v) is 12.1. The van der Waals surface area contributed by atoms with Crippen molar-refractivity contribution in [1.29, 1.82) is 0 Å². The summed E-state index contributed by atoms with van der Waals surface area (Å²) in [6.45, 7) is 8.58. The Labute approximate surface area is 208 Å². The van der Waals surface area contributed by atoms with E-state index in [4.69, 9.17) is 16.6 Å². The molecule has 0 fully saturated rings. The molecule has 4 aromatic rings. The summed E-state index contributed by atoms with van der Waals surface area (Å²) in [7, 11) is 0. The highest BCUT2D eigenvalue weighted by molar-refractivity contribution is 9.10. The summed E-state index contributed by atoms with van der Waals surface area (Å²) in [6, 6.07) is 23.4. The van der Waals surface area contributed by atoms with Crippen LogP contribution in [0, 0.1) is 0 Å². The van der Waals surface area contributed by atoms with Crippen molar-refractivity contribution in [3.8, 4) is 11.3 Å². The predicted octanol–water partition coefficient (Wildman–Crippen LogP) is 8.11. The van der Waals surface area contributed by atoms with Gasteiger partial charge in [0.1, 0.15) is 0 Å². The second-order valence-electron chi connectivity index (χ2n) is 9.29. The van der Waals surface area contributed by atoms with Crippen LogP contribution in [0.4, 0.5) is 0 Å². The van der Waals surface area contributed by atoms with Crippen LogP contribution in [0.1, 0.15) is 55.2 Å². The number of pyridine rings is 1. The molecular formula is C28H26BrClN2O. The SMILES string of the molecule is C[C@@H](NC(=O)c1cc(-c2ccc(Cl)cc2)nc2ccc(Br)cc12)c1ccc(C(C)(C)C)cc1. The Morgan fingerprint density at radius 1 is 0.970 bits per heavy atom. The lowest BCUT2D eigenvalue weighted by Crippen LogP contribution is -2.27. The Bertz CT molecular complexity index is 1310. The molecular weight excluding hydrogens is 496 g/mol. The first-order chi connectivity index (χ1) is 15.6. The maximum Gasteiger partial charge on any atom is 0.252 e. The summed E-state index contributed by atoms with van der Waals surface area (Å²) in [5, 5.41) is 4.63. The van der Waals surface area contributed by atoms with Crippen LogP contribution >= 0.6 is 27.5 Å². The molecule has 1 N–H and O–H groups in total. The third-order valence-corrected chi connectivity index (χ3v) is 6.52. The molecule has 0 spiro atoms. The zero-order valence-corrected chi connectivity index (χ0v) is 21.5. The molecule has 5 heteroatoms. The Hall–Kier alpha value is -2.69. The number of carbonyl (C=O) groups is 1. The lowest BCUT2D eigenvalue weighted by atomic mass is 9.86. The highest BCUT2D eigenvalue weighted by atomic mass is 79.9. The molecule has 0 saturated carbocycles. The van der Waals surface area contributed by atoms with Gasteiger partial charge in [0, 0.05) is 20.4 Å². The number of carbonyl (C=O) groups excluding carboxylic acids is 1. The van der Waals surface area contributed by atoms with Crippen molar-refractivity contribution in [2.75, 3.05) is 0 Å². The minimum atomic E-state index is -0.138. The first kappa shape index (κ1) is 23.5. The molecule has 0 aliphatic carbocycles. The third-order valence-electron chi connectivity index (χ3n) is 5.78. The van der Waals surface area contributed by atoms with E-state index in [1.807, 2.05) is 55.5 Å². The number of halogens is 2. The highest BCUT2D eigenvalue weighted by Gasteiger charge is 2.18. The fourth-order valence-electron chi connectivity index (χ4n) is 3.78. The summed E-state index contributed by atoms with van der Waals surface area (Å²) >= 11 is 9.58. The standard InChI is InChI=1S/C28H26BrClN2O/c1-17(18-5-9-20(10-6-18)28(2,3)4)31-27(33)24-16-26(19-7-12-22(30)13-8-19)32-25-14-11-21(29)15-23(24)25/h5-17H,1-4H3,(H,31,33)/t17-/m1/s1. The molecule has 0 saturated heterocycles. The first-order valence-electron chi connectivity index (χ1n) is 10.9. The lowest BCUT2D eigenvalue weighted by molar-refractivity contribution is 0.0941. The van der Waals surface area contributed by atoms with Gasteiger partial charge in [0.15, 0.2) is 0 Å². The minimum Gasteiger partial charge on any atom is -0.345 e. The second-order valence-corrected chi connectivity index (χ2v) is 10.6. The van der Waals surface area contributed by atoms with E-state index in [-0.39, 0.29) is 17.4 Å². The van der Waals surface area contributed by atoms with Crippen LogP contribution in [-0.4, -0.2) is 10.9 Å². The van der Waals surface area contributed by atoms with E-state index in [1.54, 1.807) is 0 Å². The Kier molecular flexibility index (Phi) is 6.60. The van der Waals surface area contributed by atoms with Gasteiger partial charge in [-0.05, 0) is 59.9 Å². The van der Waals surface area contributed by atoms with Gasteiger partial charge in [-0.3, -0.25) is 4.79 Å². The van der Waals surface area contributed by atoms with Crippen molar-refractivity contribution < 1.29 is 4.79 Å². The van der Waals surface area contributed by atoms with Crippen LogP contribution in [0.25, 0.3) is 22.2 Å². The van der Waals surface area contributed by atoms with Crippen LogP contribution in [-0.2, 0) is 5.41 Å². The van der Waals surface area contributed by atoms with Gasteiger partial charge in [-0.25, -0.2) is 4.98 Å². The fourth-order valence-corrected chi connectivity index (χ4v) is 4.27. The van der Waals surface area contributed by atoms with E-state index in [2.05, 4.69) is 66.3 Å². The average Bonchev–Trinajstić information content (AvgIpc) is 2.78. The number of hydrogen-bond donors (Lipinski definition) is 1. The van der Waals surface area contributed by atoms with Crippen molar-refractivity contribution in [2.24, 2.45) is 0 Å². The molecule has 3 nitrogen and oxygen atoms in total. The number of nitrogens with one attached hydrogen (secondary N) is 1. The predicted molar refractivity (Wildman–Crippen MR) is 141 cm³/mol. The van der Waals surface area contributed by atoms with Crippen molar-refractivity contribution in [1.82, 2.24) is 10.3 Å². The second kappa shape index (κ2) is 9.28. The number of fused-ring (bicyclic) bond motifs is 1. The zero-order valence-electron chi connectivity index (χ0n) is 19.1. The molecule has 0 bridgehead atoms. The molecule has 0 aliphatic rings. The van der Waals surface area contributed by atoms with Gasteiger partial charge >= 0.3 is 0 Å². The van der Waals surface area contributed by atoms with Gasteiger partial charge in [-0.2, -0.15) is 0 Å². The van der Waals surface area contributed by atoms with Gasteiger partial charge < -0.3 is 5.32 Å². The summed E-state index contributed by atoms with van der Waals surface area (Å²) in [5.41, 5.74) is 5.41. The molecule has 1 amide bonds. The average molecular weight is 522 g/mol. The molecule has 0 radical (unpaired) electrons. The van der Waals surface area contributed by atoms with E-state index < -0.39 is 0 Å². The molecule has 0 aliphatic heterocycles. The van der Waals surface area contributed by atoms with Gasteiger partial charge in [-0.1, -0.05) is 84.7 Å². The van der Waals surface area contributed by atoms with E-state index in [0.717, 1.165) is 32.2 Å². The highest BCUT2D eigenvalue weighted by Crippen LogP contribution is 2.29. The van der Waals surface area contributed by atoms with Crippen molar-refractivity contribution in [3.63, 3.8) is 0 Å². The smallest absolute Gasteiger partial charge is 0.252 e. The quantitative estimate of drug-likeness (QED) is 0.295. The number of rotatable bonds is 4. The van der Waals surface area contributed by atoms with Gasteiger partial charge in [-0.15, -0.1) is 0 Å². The molecule has 4 rings (SSSR count). The maximum atomic E-state index is 13.4. The molecule has 1 heterocycles. The van der Waals surface area contributed by atoms with Crippen LogP contribution in [0.5, 0.6) is 0 Å². The fraction of sp³-hybridized carbons (Fsp3) is 0.214. The number of amides is 1. The van der Waals surface area contributed by atoms with Crippen LogP contribution in [0.2, 0.25) is 5.02 Å². The van der Waals surface area contributed by atoms with E-state index in [1.165, 1.54) is 5.56 Å². The summed E-state index contributed by atoms with van der Waals surface area (Å²) in [6.07, 6.45) is 0. The monoisotopic (exact) mass is 520 g/mol. The number of nitrogens with zero attached hydrogens (tertiary/aromatic N) is 1. The zero-order chi connectivity index (χ0) is 23.8. The van der Waals surface area contributed by atoms with Gasteiger partial charge in [0.2, 0.25) is 0 Å². The third kappa shape index (κ3) is 5.29. The Balaban J connectivity index is 1.69. The Morgan fingerprint density at radius 2 is 1.64 bits per heavy atom. The van der Waals surface area contributed by atoms with E-state index in [0.29, 0.717) is 10.6 Å². The lowest BCUT2D eigenvalue weighted by Gasteiger charge is -2.21. The largest absolute Gasteiger partial charge is 0.345 e. The molecule has 0 unspecified atom stereocenters. The number of hydrogen-bond acceptors (Lipinski definition) is 2. The molecule has 3 aromatic carbocycles. The minimum absolute atomic E-state index is 0.0897. The molecule has 33 heavy (non-hydrogen) atoms. The summed E-state index contributed by atoms with van der Waals surface area (Å²) in [5.74, 6) is -0.136. The Morgan fingerprint density at radius 3 is 2.27 bits per heavy atom. The van der Waals surface area contributed by atoms with Crippen molar-refractivity contribution in [3.05, 3.63) is 99.0 Å². The topological polar surface area (TPSA) is 42.0 Å². The van der Waals surface area contributed by atoms with Crippen molar-refractivity contribution >= 4 is 44.3 Å². The van der Waals surface area contributed by atoms with Gasteiger partial charge in [0.25, 0.3) is 5.91 Å². The molecule has 1 atom stereocenters. The van der Waals surface area contributed by atoms with Crippen LogP contribution < -0.4 is 5.32 Å². The van der Waals surface area contributed by atoms with Crippen molar-refractivity contribution in [2.45, 2.75) is 39.2 Å². The number of aromatic nitrogens is 1. The maximum absolute atomic E-state index is 13.4. The van der Waals surface area contributed by atoms with E-state index >= 15 is 0 Å². The van der Waals surface area contributed by atoms with Crippen LogP contribution in [0.3, 0.4) is 0 Å². The van der Waals surface area contributed by atoms with Crippen LogP contribution in [0.15, 0.2) is 77.3 Å². The van der Waals surface area contributed by atoms with E-state index in [9.17, 15) is 4.79 Å². The molecule has 1 aromatic heterocycles. The molecule has 168 valence electrons. The van der Waals surface area contributed by atoms with Gasteiger partial charge in [0.05, 0.1) is 22.8 Å². The summed E-state index contributed by atoms with van der Waals surface area (Å²) in [4.78, 5) is 18.2. The summed E-state index contributed by atoms with van der Waals surface area (Å²) < 4.78 is 0.899. The number of benzene rings is 3. The normalized spacial score (nSPS) is 12.5.